The van der Waals surface area contributed by atoms with Crippen molar-refractivity contribution in [2.75, 3.05) is 49.6 Å². The topological polar surface area (TPSA) is 70.2 Å². The van der Waals surface area contributed by atoms with Crippen LogP contribution in [0.1, 0.15) is 27.6 Å². The molecule has 3 aromatic rings. The van der Waals surface area contributed by atoms with Crippen LogP contribution in [-0.4, -0.2) is 60.8 Å². The minimum absolute atomic E-state index is 0.0940. The summed E-state index contributed by atoms with van der Waals surface area (Å²) >= 11 is 0. The van der Waals surface area contributed by atoms with Gasteiger partial charge < -0.3 is 19.4 Å². The number of amides is 2. The van der Waals surface area contributed by atoms with Gasteiger partial charge in [0.2, 0.25) is 0 Å². The lowest BCUT2D eigenvalue weighted by Crippen LogP contribution is -2.48. The number of carbonyl (C=O) groups is 2. The monoisotopic (exact) mass is 489 g/mol. The molecule has 0 N–H and O–H groups in total. The van der Waals surface area contributed by atoms with Gasteiger partial charge in [-0.15, -0.1) is 0 Å². The van der Waals surface area contributed by atoms with E-state index in [2.05, 4.69) is 4.90 Å². The molecule has 0 unspecified atom stereocenters. The van der Waals surface area contributed by atoms with Gasteiger partial charge in [-0.05, 0) is 49.4 Å². The number of anilines is 2. The van der Waals surface area contributed by atoms with Crippen LogP contribution in [0, 0.1) is 0 Å². The van der Waals surface area contributed by atoms with Crippen molar-refractivity contribution in [2.24, 2.45) is 0 Å². The Morgan fingerprint density at radius 1 is 0.914 bits per heavy atom. The molecule has 1 atom stereocenters. The molecule has 1 saturated heterocycles. The van der Waals surface area contributed by atoms with E-state index >= 15 is 0 Å². The van der Waals surface area contributed by atoms with Crippen LogP contribution in [0.3, 0.4) is 0 Å². The number of nitrogens with zero attached hydrogens (tertiary/aromatic N) is 3. The lowest BCUT2D eigenvalue weighted by molar-refractivity contribution is 0.0746. The van der Waals surface area contributed by atoms with Crippen molar-refractivity contribution in [3.8, 4) is 5.75 Å². The lowest BCUT2D eigenvalue weighted by Gasteiger charge is -2.36. The number of methoxy groups -OCH3 is 1. The molecule has 3 aromatic carbocycles. The molecule has 0 aliphatic carbocycles. The first kappa shape index (κ1) is 23.1. The highest BCUT2D eigenvalue weighted by molar-refractivity contribution is 7.85. The Labute approximate surface area is 207 Å². The smallest absolute Gasteiger partial charge is 0.259 e. The first-order valence-corrected chi connectivity index (χ1v) is 12.8. The summed E-state index contributed by atoms with van der Waals surface area (Å²) in [7, 11) is 0.148. The second-order valence-electron chi connectivity index (χ2n) is 8.45. The SMILES string of the molecule is CCN1C(=O)c2ccccc2[S@](=O)c2ccc(C(=O)N3CCN(c4ccccc4OC)CC3)cc21. The molecule has 180 valence electrons. The van der Waals surface area contributed by atoms with E-state index in [4.69, 9.17) is 4.74 Å². The van der Waals surface area contributed by atoms with Crippen LogP contribution in [0.25, 0.3) is 0 Å². The van der Waals surface area contributed by atoms with E-state index < -0.39 is 10.8 Å². The third-order valence-electron chi connectivity index (χ3n) is 6.57. The summed E-state index contributed by atoms with van der Waals surface area (Å²) in [5, 5.41) is 0. The van der Waals surface area contributed by atoms with Crippen LogP contribution in [0.15, 0.2) is 76.5 Å². The van der Waals surface area contributed by atoms with Gasteiger partial charge in [-0.25, -0.2) is 4.21 Å². The average Bonchev–Trinajstić information content (AvgIpc) is 3.00. The fourth-order valence-corrected chi connectivity index (χ4v) is 6.08. The van der Waals surface area contributed by atoms with Crippen molar-refractivity contribution in [3.05, 3.63) is 77.9 Å². The fourth-order valence-electron chi connectivity index (χ4n) is 4.73. The summed E-state index contributed by atoms with van der Waals surface area (Å²) in [5.74, 6) is 0.519. The number of carbonyl (C=O) groups excluding carboxylic acids is 2. The van der Waals surface area contributed by atoms with Gasteiger partial charge in [-0.1, -0.05) is 24.3 Å². The number of rotatable bonds is 4. The van der Waals surface area contributed by atoms with Crippen molar-refractivity contribution in [3.63, 3.8) is 0 Å². The first-order valence-electron chi connectivity index (χ1n) is 11.7. The van der Waals surface area contributed by atoms with Gasteiger partial charge in [-0.2, -0.15) is 0 Å². The normalized spacial score (nSPS) is 17.5. The van der Waals surface area contributed by atoms with Gasteiger partial charge in [0.15, 0.2) is 0 Å². The molecule has 8 heteroatoms. The van der Waals surface area contributed by atoms with E-state index in [1.165, 1.54) is 0 Å². The Kier molecular flexibility index (Phi) is 6.30. The Morgan fingerprint density at radius 2 is 1.63 bits per heavy atom. The maximum absolute atomic E-state index is 13.4. The number of para-hydroxylation sites is 2. The largest absolute Gasteiger partial charge is 0.495 e. The molecule has 0 radical (unpaired) electrons. The molecular formula is C27H27N3O4S. The van der Waals surface area contributed by atoms with E-state index in [1.54, 1.807) is 54.5 Å². The highest BCUT2D eigenvalue weighted by Crippen LogP contribution is 2.35. The maximum Gasteiger partial charge on any atom is 0.259 e. The first-order chi connectivity index (χ1) is 17.0. The predicted molar refractivity (Wildman–Crippen MR) is 136 cm³/mol. The maximum atomic E-state index is 13.4. The highest BCUT2D eigenvalue weighted by atomic mass is 32.2. The number of benzene rings is 3. The molecule has 2 aliphatic rings. The molecule has 0 spiro atoms. The van der Waals surface area contributed by atoms with E-state index in [0.29, 0.717) is 59.3 Å². The van der Waals surface area contributed by atoms with Crippen LogP contribution >= 0.6 is 0 Å². The molecule has 0 saturated carbocycles. The molecule has 35 heavy (non-hydrogen) atoms. The molecule has 0 aromatic heterocycles. The summed E-state index contributed by atoms with van der Waals surface area (Å²) in [5.41, 5.74) is 2.48. The van der Waals surface area contributed by atoms with E-state index in [0.717, 1.165) is 11.4 Å². The Bertz CT molecular complexity index is 1320. The average molecular weight is 490 g/mol. The number of hydrogen-bond acceptors (Lipinski definition) is 5. The van der Waals surface area contributed by atoms with Crippen molar-refractivity contribution in [2.45, 2.75) is 16.7 Å². The molecule has 2 amide bonds. The lowest BCUT2D eigenvalue weighted by atomic mass is 10.1. The van der Waals surface area contributed by atoms with Gasteiger partial charge >= 0.3 is 0 Å². The summed E-state index contributed by atoms with van der Waals surface area (Å²) < 4.78 is 18.8. The van der Waals surface area contributed by atoms with Crippen molar-refractivity contribution < 1.29 is 18.5 Å². The van der Waals surface area contributed by atoms with Crippen LogP contribution < -0.4 is 14.5 Å². The minimum atomic E-state index is -1.51. The predicted octanol–water partition coefficient (Wildman–Crippen LogP) is 3.80. The number of ether oxygens (including phenoxy) is 1. The molecule has 7 nitrogen and oxygen atoms in total. The van der Waals surface area contributed by atoms with Gasteiger partial charge in [0, 0.05) is 38.3 Å². The van der Waals surface area contributed by atoms with E-state index in [1.807, 2.05) is 36.1 Å². The standard InChI is InChI=1S/C27H27N3O4S/c1-3-30-22-18-19(12-13-25(22)35(33)24-11-7-4-8-20(24)27(30)32)26(31)29-16-14-28(15-17-29)21-9-5-6-10-23(21)34-2/h4-13,18H,3,14-17H2,1-2H3/t35-/m0/s1. The molecular weight excluding hydrogens is 462 g/mol. The highest BCUT2D eigenvalue weighted by Gasteiger charge is 2.31. The zero-order valence-electron chi connectivity index (χ0n) is 19.8. The molecule has 2 aliphatic heterocycles. The molecule has 5 rings (SSSR count). The summed E-state index contributed by atoms with van der Waals surface area (Å²) in [6.07, 6.45) is 0. The zero-order chi connectivity index (χ0) is 24.5. The van der Waals surface area contributed by atoms with E-state index in [-0.39, 0.29) is 11.8 Å². The number of fused-ring (bicyclic) bond motifs is 2. The minimum Gasteiger partial charge on any atom is -0.495 e. The van der Waals surface area contributed by atoms with E-state index in [9.17, 15) is 13.8 Å². The number of hydrogen-bond donors (Lipinski definition) is 0. The molecule has 1 fully saturated rings. The third kappa shape index (κ3) is 4.08. The fraction of sp³-hybridized carbons (Fsp3) is 0.259. The van der Waals surface area contributed by atoms with Crippen molar-refractivity contribution >= 4 is 34.0 Å². The summed E-state index contributed by atoms with van der Waals surface area (Å²) in [6, 6.07) is 20.0. The van der Waals surface area contributed by atoms with Crippen LogP contribution in [0.2, 0.25) is 0 Å². The van der Waals surface area contributed by atoms with Crippen molar-refractivity contribution in [1.82, 2.24) is 4.90 Å². The quantitative estimate of drug-likeness (QED) is 0.558. The van der Waals surface area contributed by atoms with Gasteiger partial charge in [0.05, 0.1) is 44.6 Å². The summed E-state index contributed by atoms with van der Waals surface area (Å²) in [4.78, 5) is 33.4. The Balaban J connectivity index is 1.40. The van der Waals surface area contributed by atoms with Crippen LogP contribution in [-0.2, 0) is 10.8 Å². The Morgan fingerprint density at radius 3 is 2.37 bits per heavy atom. The number of piperazine rings is 1. The van der Waals surface area contributed by atoms with Gasteiger partial charge in [-0.3, -0.25) is 9.59 Å². The summed E-state index contributed by atoms with van der Waals surface area (Å²) in [6.45, 7) is 4.81. The zero-order valence-corrected chi connectivity index (χ0v) is 20.6. The van der Waals surface area contributed by atoms with Crippen LogP contribution in [0.5, 0.6) is 5.75 Å². The van der Waals surface area contributed by atoms with Crippen LogP contribution in [0.4, 0.5) is 11.4 Å². The molecule has 2 heterocycles. The van der Waals surface area contributed by atoms with Crippen molar-refractivity contribution in [1.29, 1.82) is 0 Å². The van der Waals surface area contributed by atoms with Gasteiger partial charge in [0.25, 0.3) is 11.8 Å². The third-order valence-corrected chi connectivity index (χ3v) is 8.07. The van der Waals surface area contributed by atoms with Gasteiger partial charge in [0.1, 0.15) is 5.75 Å². The second kappa shape index (κ2) is 9.54. The molecule has 0 bridgehead atoms. The Hall–Kier alpha value is -3.65. The second-order valence-corrected chi connectivity index (χ2v) is 9.87.